The van der Waals surface area contributed by atoms with Gasteiger partial charge in [-0.15, -0.1) is 0 Å². The fraction of sp³-hybridized carbons (Fsp3) is 0.462. The van der Waals surface area contributed by atoms with Gasteiger partial charge < -0.3 is 10.2 Å². The molecule has 0 radical (unpaired) electrons. The van der Waals surface area contributed by atoms with E-state index in [2.05, 4.69) is 13.8 Å². The van der Waals surface area contributed by atoms with Crippen LogP contribution in [-0.2, 0) is 0 Å². The van der Waals surface area contributed by atoms with Crippen LogP contribution < -0.4 is 0 Å². The molecule has 0 aliphatic rings. The lowest BCUT2D eigenvalue weighted by Gasteiger charge is -2.21. The summed E-state index contributed by atoms with van der Waals surface area (Å²) in [6.45, 7) is 4.41. The smallest absolute Gasteiger partial charge is 0.124 e. The molecule has 2 aromatic rings. The molecule has 0 bridgehead atoms. The third-order valence-electron chi connectivity index (χ3n) is 5.33. The number of aliphatic imine (C=N–C) groups is 2. The monoisotopic (exact) mass is 408 g/mol. The molecule has 0 aliphatic heterocycles. The fourth-order valence-electron chi connectivity index (χ4n) is 3.48. The van der Waals surface area contributed by atoms with Crippen molar-refractivity contribution in [3.05, 3.63) is 59.7 Å². The van der Waals surface area contributed by atoms with Crippen LogP contribution in [0.3, 0.4) is 0 Å². The summed E-state index contributed by atoms with van der Waals surface area (Å²) in [5.74, 6) is 0.489. The van der Waals surface area contributed by atoms with Crippen LogP contribution in [0.5, 0.6) is 11.5 Å². The first-order valence-corrected chi connectivity index (χ1v) is 11.3. The molecule has 0 fully saturated rings. The predicted molar refractivity (Wildman–Crippen MR) is 127 cm³/mol. The van der Waals surface area contributed by atoms with Crippen molar-refractivity contribution in [3.63, 3.8) is 0 Å². The van der Waals surface area contributed by atoms with Crippen molar-refractivity contribution in [1.82, 2.24) is 0 Å². The largest absolute Gasteiger partial charge is 0.507 e. The van der Waals surface area contributed by atoms with Crippen molar-refractivity contribution in [1.29, 1.82) is 0 Å². The van der Waals surface area contributed by atoms with E-state index >= 15 is 0 Å². The Labute approximate surface area is 181 Å². The molecule has 30 heavy (non-hydrogen) atoms. The summed E-state index contributed by atoms with van der Waals surface area (Å²) < 4.78 is 0. The predicted octanol–water partition coefficient (Wildman–Crippen LogP) is 6.53. The Kier molecular flexibility index (Phi) is 10.7. The van der Waals surface area contributed by atoms with Gasteiger partial charge in [-0.25, -0.2) is 0 Å². The minimum absolute atomic E-state index is 0.0510. The van der Waals surface area contributed by atoms with Gasteiger partial charge in [0.1, 0.15) is 11.5 Å². The summed E-state index contributed by atoms with van der Waals surface area (Å²) in [6, 6.07) is 14.7. The maximum Gasteiger partial charge on any atom is 0.124 e. The summed E-state index contributed by atoms with van der Waals surface area (Å²) in [7, 11) is 0. The maximum absolute atomic E-state index is 10.1. The quantitative estimate of drug-likeness (QED) is 0.292. The maximum atomic E-state index is 10.1. The van der Waals surface area contributed by atoms with Crippen LogP contribution in [0.4, 0.5) is 0 Å². The summed E-state index contributed by atoms with van der Waals surface area (Å²) in [4.78, 5) is 9.76. The molecule has 2 atom stereocenters. The van der Waals surface area contributed by atoms with E-state index in [1.165, 1.54) is 12.8 Å². The van der Waals surface area contributed by atoms with Gasteiger partial charge in [-0.2, -0.15) is 0 Å². The Morgan fingerprint density at radius 3 is 1.43 bits per heavy atom. The van der Waals surface area contributed by atoms with Crippen molar-refractivity contribution in [2.24, 2.45) is 9.98 Å². The Morgan fingerprint density at radius 2 is 1.07 bits per heavy atom. The van der Waals surface area contributed by atoms with Gasteiger partial charge >= 0.3 is 0 Å². The average Bonchev–Trinajstić information content (AvgIpc) is 2.75. The van der Waals surface area contributed by atoms with Crippen molar-refractivity contribution < 1.29 is 10.2 Å². The third-order valence-corrected chi connectivity index (χ3v) is 5.33. The minimum atomic E-state index is 0.0510. The van der Waals surface area contributed by atoms with E-state index in [1.807, 2.05) is 36.4 Å². The second-order valence-electron chi connectivity index (χ2n) is 7.80. The van der Waals surface area contributed by atoms with E-state index in [0.29, 0.717) is 0 Å². The minimum Gasteiger partial charge on any atom is -0.507 e. The highest BCUT2D eigenvalue weighted by molar-refractivity contribution is 5.84. The van der Waals surface area contributed by atoms with Gasteiger partial charge in [-0.05, 0) is 37.1 Å². The van der Waals surface area contributed by atoms with Gasteiger partial charge in [0.25, 0.3) is 0 Å². The highest BCUT2D eigenvalue weighted by Gasteiger charge is 2.19. The summed E-state index contributed by atoms with van der Waals surface area (Å²) in [6.07, 6.45) is 12.4. The Bertz CT molecular complexity index is 734. The molecule has 2 aromatic carbocycles. The van der Waals surface area contributed by atoms with E-state index in [4.69, 9.17) is 9.98 Å². The average molecular weight is 409 g/mol. The van der Waals surface area contributed by atoms with Crippen LogP contribution in [0.1, 0.15) is 76.3 Å². The number of hydrogen-bond donors (Lipinski definition) is 2. The molecule has 0 aliphatic carbocycles. The topological polar surface area (TPSA) is 65.2 Å². The molecule has 0 saturated carbocycles. The number of phenols is 2. The second kappa shape index (κ2) is 13.6. The molecule has 162 valence electrons. The van der Waals surface area contributed by atoms with Gasteiger partial charge in [0, 0.05) is 23.6 Å². The Morgan fingerprint density at radius 1 is 0.667 bits per heavy atom. The highest BCUT2D eigenvalue weighted by atomic mass is 16.3. The van der Waals surface area contributed by atoms with E-state index < -0.39 is 0 Å². The number of benzene rings is 2. The standard InChI is InChI=1S/C26H36N2O2/c1-3-5-7-15-23(27-19-21-13-9-11-17-25(21)29)24(16-8-6-4-2)28-20-22-14-10-12-18-26(22)30/h9-14,17-20,23-24,29-30H,3-8,15-16H2,1-2H3/t23-,24+. The van der Waals surface area contributed by atoms with E-state index in [9.17, 15) is 10.2 Å². The van der Waals surface area contributed by atoms with Crippen molar-refractivity contribution in [2.75, 3.05) is 0 Å². The zero-order valence-electron chi connectivity index (χ0n) is 18.4. The highest BCUT2D eigenvalue weighted by Crippen LogP contribution is 2.21. The lowest BCUT2D eigenvalue weighted by Crippen LogP contribution is -2.23. The van der Waals surface area contributed by atoms with Crippen LogP contribution in [0.15, 0.2) is 58.5 Å². The van der Waals surface area contributed by atoms with Gasteiger partial charge in [0.2, 0.25) is 0 Å². The zero-order valence-corrected chi connectivity index (χ0v) is 18.4. The lowest BCUT2D eigenvalue weighted by atomic mass is 9.97. The molecule has 4 nitrogen and oxygen atoms in total. The first-order chi connectivity index (χ1) is 14.7. The molecule has 0 heterocycles. The third kappa shape index (κ3) is 8.02. The van der Waals surface area contributed by atoms with Gasteiger partial charge in [-0.3, -0.25) is 9.98 Å². The van der Waals surface area contributed by atoms with Crippen molar-refractivity contribution >= 4 is 12.4 Å². The summed E-state index contributed by atoms with van der Waals surface area (Å²) in [5.41, 5.74) is 1.46. The number of nitrogens with zero attached hydrogens (tertiary/aromatic N) is 2. The normalized spacial score (nSPS) is 13.8. The molecule has 0 spiro atoms. The molecular formula is C26H36N2O2. The number of phenolic OH excluding ortho intramolecular Hbond substituents is 2. The zero-order chi connectivity index (χ0) is 21.6. The fourth-order valence-corrected chi connectivity index (χ4v) is 3.48. The van der Waals surface area contributed by atoms with Crippen LogP contribution >= 0.6 is 0 Å². The van der Waals surface area contributed by atoms with Crippen LogP contribution in [0.2, 0.25) is 0 Å². The molecule has 0 aromatic heterocycles. The first-order valence-electron chi connectivity index (χ1n) is 11.3. The van der Waals surface area contributed by atoms with E-state index in [-0.39, 0.29) is 23.6 Å². The molecule has 0 amide bonds. The SMILES string of the molecule is CCCCC[C@H](N=Cc1ccccc1O)[C@@H](CCCCC)N=Cc1ccccc1O. The Hall–Kier alpha value is -2.62. The lowest BCUT2D eigenvalue weighted by molar-refractivity contribution is 0.442. The summed E-state index contributed by atoms with van der Waals surface area (Å²) >= 11 is 0. The van der Waals surface area contributed by atoms with Gasteiger partial charge in [0.15, 0.2) is 0 Å². The van der Waals surface area contributed by atoms with Crippen molar-refractivity contribution in [2.45, 2.75) is 77.3 Å². The number of aromatic hydroxyl groups is 2. The van der Waals surface area contributed by atoms with Gasteiger partial charge in [0.05, 0.1) is 12.1 Å². The number of hydrogen-bond acceptors (Lipinski definition) is 4. The Balaban J connectivity index is 2.25. The molecule has 2 N–H and O–H groups in total. The molecule has 0 unspecified atom stereocenters. The molecule has 4 heteroatoms. The van der Waals surface area contributed by atoms with Crippen LogP contribution in [0, 0.1) is 0 Å². The molecule has 2 rings (SSSR count). The number of para-hydroxylation sites is 2. The van der Waals surface area contributed by atoms with Crippen molar-refractivity contribution in [3.8, 4) is 11.5 Å². The molecule has 0 saturated heterocycles. The van der Waals surface area contributed by atoms with E-state index in [1.54, 1.807) is 24.6 Å². The molecular weight excluding hydrogens is 372 g/mol. The second-order valence-corrected chi connectivity index (χ2v) is 7.80. The first kappa shape index (κ1) is 23.7. The number of unbranched alkanes of at least 4 members (excludes halogenated alkanes) is 4. The number of rotatable bonds is 13. The summed E-state index contributed by atoms with van der Waals surface area (Å²) in [5, 5.41) is 20.2. The van der Waals surface area contributed by atoms with Gasteiger partial charge in [-0.1, -0.05) is 76.6 Å². The van der Waals surface area contributed by atoms with Crippen LogP contribution in [0.25, 0.3) is 0 Å². The van der Waals surface area contributed by atoms with E-state index in [0.717, 1.165) is 49.7 Å². The van der Waals surface area contributed by atoms with Crippen LogP contribution in [-0.4, -0.2) is 34.7 Å².